The van der Waals surface area contributed by atoms with Gasteiger partial charge >= 0.3 is 6.03 Å². The number of nitrogens with one attached hydrogen (secondary N) is 2. The highest BCUT2D eigenvalue weighted by Crippen LogP contribution is 2.25. The third-order valence-corrected chi connectivity index (χ3v) is 3.27. The fraction of sp³-hybridized carbons (Fsp3) is 0.500. The second-order valence-corrected chi connectivity index (χ2v) is 5.00. The van der Waals surface area contributed by atoms with Crippen LogP contribution < -0.4 is 15.4 Å². The quantitative estimate of drug-likeness (QED) is 0.814. The molecule has 0 atom stereocenters. The first-order chi connectivity index (χ1) is 9.28. The van der Waals surface area contributed by atoms with Crippen LogP contribution in [0.2, 0.25) is 0 Å². The summed E-state index contributed by atoms with van der Waals surface area (Å²) in [6.07, 6.45) is 5.04. The topological polar surface area (TPSA) is 50.4 Å². The van der Waals surface area contributed by atoms with Gasteiger partial charge in [0.15, 0.2) is 0 Å². The maximum atomic E-state index is 11.5. The van der Waals surface area contributed by atoms with Crippen LogP contribution >= 0.6 is 11.6 Å². The van der Waals surface area contributed by atoms with E-state index in [4.69, 9.17) is 16.3 Å². The zero-order valence-corrected chi connectivity index (χ0v) is 11.6. The molecule has 1 aliphatic carbocycles. The van der Waals surface area contributed by atoms with Gasteiger partial charge in [-0.25, -0.2) is 4.79 Å². The standard InChI is InChI=1S/C14H19ClN2O2/c15-8-9-16-14(18)17-11-4-3-7-13(10-11)19-12-5-1-2-6-12/h3-4,7,10,12H,1-2,5-6,8-9H2,(H2,16,17,18). The van der Waals surface area contributed by atoms with Crippen LogP contribution in [0, 0.1) is 0 Å². The average molecular weight is 283 g/mol. The second-order valence-electron chi connectivity index (χ2n) is 4.62. The largest absolute Gasteiger partial charge is 0.490 e. The molecule has 1 aromatic rings. The Morgan fingerprint density at radius 2 is 2.16 bits per heavy atom. The molecule has 2 rings (SSSR count). The SMILES string of the molecule is O=C(NCCCl)Nc1cccc(OC2CCCC2)c1. The lowest BCUT2D eigenvalue weighted by molar-refractivity contribution is 0.210. The maximum absolute atomic E-state index is 11.5. The van der Waals surface area contributed by atoms with Crippen molar-refractivity contribution < 1.29 is 9.53 Å². The normalized spacial score (nSPS) is 15.2. The monoisotopic (exact) mass is 282 g/mol. The van der Waals surface area contributed by atoms with Crippen molar-refractivity contribution in [2.24, 2.45) is 0 Å². The number of ether oxygens (including phenoxy) is 1. The molecule has 0 unspecified atom stereocenters. The Balaban J connectivity index is 1.88. The first-order valence-electron chi connectivity index (χ1n) is 6.65. The van der Waals surface area contributed by atoms with Crippen molar-refractivity contribution in [1.29, 1.82) is 0 Å². The minimum atomic E-state index is -0.251. The first kappa shape index (κ1) is 14.0. The van der Waals surface area contributed by atoms with Gasteiger partial charge in [-0.15, -0.1) is 11.6 Å². The van der Waals surface area contributed by atoms with E-state index in [1.165, 1.54) is 12.8 Å². The van der Waals surface area contributed by atoms with Crippen LogP contribution in [0.4, 0.5) is 10.5 Å². The molecular weight excluding hydrogens is 264 g/mol. The van der Waals surface area contributed by atoms with Crippen LogP contribution in [0.5, 0.6) is 5.75 Å². The van der Waals surface area contributed by atoms with Gasteiger partial charge in [-0.3, -0.25) is 0 Å². The van der Waals surface area contributed by atoms with Gasteiger partial charge in [0, 0.05) is 24.2 Å². The number of hydrogen-bond acceptors (Lipinski definition) is 2. The van der Waals surface area contributed by atoms with E-state index < -0.39 is 0 Å². The van der Waals surface area contributed by atoms with E-state index >= 15 is 0 Å². The summed E-state index contributed by atoms with van der Waals surface area (Å²) in [7, 11) is 0. The smallest absolute Gasteiger partial charge is 0.319 e. The molecule has 1 fully saturated rings. The first-order valence-corrected chi connectivity index (χ1v) is 7.19. The van der Waals surface area contributed by atoms with E-state index in [9.17, 15) is 4.79 Å². The summed E-state index contributed by atoms with van der Waals surface area (Å²) in [5.74, 6) is 1.21. The van der Waals surface area contributed by atoms with Gasteiger partial charge in [-0.2, -0.15) is 0 Å². The Labute approximate surface area is 118 Å². The minimum absolute atomic E-state index is 0.251. The average Bonchev–Trinajstić information content (AvgIpc) is 2.89. The van der Waals surface area contributed by atoms with Gasteiger partial charge in [0.25, 0.3) is 0 Å². The highest BCUT2D eigenvalue weighted by Gasteiger charge is 2.16. The summed E-state index contributed by atoms with van der Waals surface area (Å²) in [5.41, 5.74) is 0.725. The highest BCUT2D eigenvalue weighted by molar-refractivity contribution is 6.18. The number of benzene rings is 1. The third kappa shape index (κ3) is 4.63. The molecular formula is C14H19ClN2O2. The Morgan fingerprint density at radius 1 is 1.37 bits per heavy atom. The summed E-state index contributed by atoms with van der Waals surface area (Å²) in [6, 6.07) is 7.22. The molecule has 0 bridgehead atoms. The van der Waals surface area contributed by atoms with Crippen LogP contribution in [-0.4, -0.2) is 24.6 Å². The van der Waals surface area contributed by atoms with Gasteiger partial charge in [0.1, 0.15) is 5.75 Å². The van der Waals surface area contributed by atoms with Crippen LogP contribution in [0.1, 0.15) is 25.7 Å². The van der Waals surface area contributed by atoms with Gasteiger partial charge in [-0.1, -0.05) is 6.07 Å². The van der Waals surface area contributed by atoms with E-state index in [2.05, 4.69) is 10.6 Å². The molecule has 19 heavy (non-hydrogen) atoms. The molecule has 0 saturated heterocycles. The minimum Gasteiger partial charge on any atom is -0.490 e. The van der Waals surface area contributed by atoms with Crippen LogP contribution in [0.25, 0.3) is 0 Å². The van der Waals surface area contributed by atoms with E-state index in [1.807, 2.05) is 24.3 Å². The zero-order valence-electron chi connectivity index (χ0n) is 10.8. The van der Waals surface area contributed by atoms with Crippen molar-refractivity contribution in [2.75, 3.05) is 17.7 Å². The predicted molar refractivity (Wildman–Crippen MR) is 77.1 cm³/mol. The van der Waals surface area contributed by atoms with Crippen molar-refractivity contribution in [1.82, 2.24) is 5.32 Å². The van der Waals surface area contributed by atoms with Gasteiger partial charge < -0.3 is 15.4 Å². The lowest BCUT2D eigenvalue weighted by Crippen LogP contribution is -2.30. The molecule has 0 aromatic heterocycles. The third-order valence-electron chi connectivity index (χ3n) is 3.08. The number of alkyl halides is 1. The highest BCUT2D eigenvalue weighted by atomic mass is 35.5. The Kier molecular flexibility index (Phi) is 5.33. The molecule has 104 valence electrons. The Bertz CT molecular complexity index is 420. The van der Waals surface area contributed by atoms with Crippen molar-refractivity contribution in [3.63, 3.8) is 0 Å². The predicted octanol–water partition coefficient (Wildman–Crippen LogP) is 3.37. The molecule has 2 amide bonds. The van der Waals surface area contributed by atoms with Crippen molar-refractivity contribution in [3.8, 4) is 5.75 Å². The van der Waals surface area contributed by atoms with Crippen molar-refractivity contribution in [2.45, 2.75) is 31.8 Å². The molecule has 2 N–H and O–H groups in total. The summed E-state index contributed by atoms with van der Waals surface area (Å²) >= 11 is 5.51. The lowest BCUT2D eigenvalue weighted by atomic mass is 10.2. The molecule has 0 radical (unpaired) electrons. The van der Waals surface area contributed by atoms with E-state index in [-0.39, 0.29) is 6.03 Å². The van der Waals surface area contributed by atoms with E-state index in [0.717, 1.165) is 24.3 Å². The van der Waals surface area contributed by atoms with E-state index in [0.29, 0.717) is 18.5 Å². The maximum Gasteiger partial charge on any atom is 0.319 e. The van der Waals surface area contributed by atoms with Crippen LogP contribution in [0.3, 0.4) is 0 Å². The molecule has 5 heteroatoms. The number of carbonyl (C=O) groups is 1. The van der Waals surface area contributed by atoms with Gasteiger partial charge in [0.2, 0.25) is 0 Å². The fourth-order valence-corrected chi connectivity index (χ4v) is 2.28. The van der Waals surface area contributed by atoms with E-state index in [1.54, 1.807) is 0 Å². The number of rotatable bonds is 5. The summed E-state index contributed by atoms with van der Waals surface area (Å²) in [6.45, 7) is 0.450. The number of carbonyl (C=O) groups excluding carboxylic acids is 1. The number of hydrogen-bond donors (Lipinski definition) is 2. The van der Waals surface area contributed by atoms with Crippen molar-refractivity contribution >= 4 is 23.3 Å². The number of anilines is 1. The zero-order chi connectivity index (χ0) is 13.5. The Morgan fingerprint density at radius 3 is 2.89 bits per heavy atom. The summed E-state index contributed by atoms with van der Waals surface area (Å²) in [4.78, 5) is 11.5. The van der Waals surface area contributed by atoms with Crippen LogP contribution in [-0.2, 0) is 0 Å². The lowest BCUT2D eigenvalue weighted by Gasteiger charge is -2.14. The molecule has 1 aromatic carbocycles. The van der Waals surface area contributed by atoms with Gasteiger partial charge in [0.05, 0.1) is 6.10 Å². The molecule has 1 saturated carbocycles. The number of halogens is 1. The summed E-state index contributed by atoms with van der Waals surface area (Å²) < 4.78 is 5.89. The molecule has 0 spiro atoms. The van der Waals surface area contributed by atoms with Gasteiger partial charge in [-0.05, 0) is 37.8 Å². The summed E-state index contributed by atoms with van der Waals surface area (Å²) in [5, 5.41) is 5.40. The molecule has 1 aliphatic rings. The van der Waals surface area contributed by atoms with Crippen LogP contribution in [0.15, 0.2) is 24.3 Å². The molecule has 0 heterocycles. The molecule has 0 aliphatic heterocycles. The number of urea groups is 1. The molecule has 4 nitrogen and oxygen atoms in total. The van der Waals surface area contributed by atoms with Crippen molar-refractivity contribution in [3.05, 3.63) is 24.3 Å². The number of amides is 2. The second kappa shape index (κ2) is 7.24. The Hall–Kier alpha value is -1.42. The fourth-order valence-electron chi connectivity index (χ4n) is 2.18.